The van der Waals surface area contributed by atoms with Crippen molar-refractivity contribution in [2.24, 2.45) is 0 Å². The van der Waals surface area contributed by atoms with E-state index in [1.807, 2.05) is 11.3 Å². The van der Waals surface area contributed by atoms with Gasteiger partial charge < -0.3 is 0 Å². The topological polar surface area (TPSA) is 0 Å². The van der Waals surface area contributed by atoms with Gasteiger partial charge in [0.05, 0.1) is 0 Å². The van der Waals surface area contributed by atoms with Crippen LogP contribution in [-0.2, 0) is 0 Å². The van der Waals surface area contributed by atoms with Gasteiger partial charge in [0.15, 0.2) is 0 Å². The van der Waals surface area contributed by atoms with Crippen molar-refractivity contribution in [2.45, 2.75) is 0 Å². The highest BCUT2D eigenvalue weighted by molar-refractivity contribution is 7.25. The molecule has 0 aliphatic carbocycles. The highest BCUT2D eigenvalue weighted by Crippen LogP contribution is 2.45. The fourth-order valence-corrected chi connectivity index (χ4v) is 9.72. The van der Waals surface area contributed by atoms with Gasteiger partial charge in [0.1, 0.15) is 0 Å². The molecule has 0 N–H and O–H groups in total. The molecule has 0 amide bonds. The van der Waals surface area contributed by atoms with E-state index in [1.165, 1.54) is 108 Å². The van der Waals surface area contributed by atoms with Crippen molar-refractivity contribution in [1.29, 1.82) is 0 Å². The van der Waals surface area contributed by atoms with Gasteiger partial charge in [-0.05, 0) is 112 Å². The Bertz CT molecular complexity index is 3150. The van der Waals surface area contributed by atoms with Crippen LogP contribution in [-0.4, -0.2) is 0 Å². The minimum absolute atomic E-state index is 1.23. The SMILES string of the molecule is c1cc(-c2ccc3c(c2)sc2cc4ccccc4cc23)cc(-c2c3ccccc3c(-c3ccc(-c4cccc5ccccc45)cc3)c3ccccc23)c1. The van der Waals surface area contributed by atoms with E-state index in [0.717, 1.165) is 0 Å². The molecule has 0 fully saturated rings. The van der Waals surface area contributed by atoms with E-state index in [2.05, 4.69) is 194 Å². The first kappa shape index (κ1) is 30.1. The van der Waals surface area contributed by atoms with Crippen molar-refractivity contribution in [3.05, 3.63) is 194 Å². The predicted octanol–water partition coefficient (Wildman–Crippen LogP) is 15.3. The van der Waals surface area contributed by atoms with Crippen LogP contribution in [0.25, 0.3) is 108 Å². The Morgan fingerprint density at radius 2 is 0.736 bits per heavy atom. The van der Waals surface area contributed by atoms with Crippen molar-refractivity contribution in [2.75, 3.05) is 0 Å². The van der Waals surface area contributed by atoms with E-state index in [1.54, 1.807) is 0 Å². The normalized spacial score (nSPS) is 11.8. The summed E-state index contributed by atoms with van der Waals surface area (Å²) < 4.78 is 2.66. The van der Waals surface area contributed by atoms with Crippen LogP contribution in [0.15, 0.2) is 194 Å². The molecule has 0 unspecified atom stereocenters. The fourth-order valence-electron chi connectivity index (χ4n) is 8.54. The zero-order valence-electron chi connectivity index (χ0n) is 28.9. The minimum Gasteiger partial charge on any atom is -0.135 e. The van der Waals surface area contributed by atoms with Crippen molar-refractivity contribution >= 4 is 74.6 Å². The van der Waals surface area contributed by atoms with Crippen molar-refractivity contribution in [1.82, 2.24) is 0 Å². The monoisotopic (exact) mass is 688 g/mol. The van der Waals surface area contributed by atoms with Gasteiger partial charge in [-0.1, -0.05) is 170 Å². The van der Waals surface area contributed by atoms with Gasteiger partial charge in [0.2, 0.25) is 0 Å². The van der Waals surface area contributed by atoms with Gasteiger partial charge >= 0.3 is 0 Å². The Morgan fingerprint density at radius 1 is 0.245 bits per heavy atom. The maximum atomic E-state index is 2.38. The molecule has 11 aromatic rings. The molecule has 1 heteroatoms. The average molecular weight is 689 g/mol. The van der Waals surface area contributed by atoms with Crippen LogP contribution in [0.2, 0.25) is 0 Å². The highest BCUT2D eigenvalue weighted by atomic mass is 32.1. The first-order valence-corrected chi connectivity index (χ1v) is 19.1. The maximum absolute atomic E-state index is 2.38. The van der Waals surface area contributed by atoms with Crippen LogP contribution in [0.5, 0.6) is 0 Å². The van der Waals surface area contributed by atoms with E-state index in [-0.39, 0.29) is 0 Å². The molecular formula is C52H32S. The fraction of sp³-hybridized carbons (Fsp3) is 0. The molecule has 1 heterocycles. The van der Waals surface area contributed by atoms with Gasteiger partial charge in [-0.2, -0.15) is 0 Å². The first-order valence-electron chi connectivity index (χ1n) is 18.2. The molecule has 1 aromatic heterocycles. The Morgan fingerprint density at radius 3 is 1.45 bits per heavy atom. The second kappa shape index (κ2) is 12.0. The summed E-state index contributed by atoms with van der Waals surface area (Å²) in [5, 5.41) is 12.9. The maximum Gasteiger partial charge on any atom is 0.0361 e. The lowest BCUT2D eigenvalue weighted by atomic mass is 9.85. The molecule has 0 aliphatic rings. The summed E-state index contributed by atoms with van der Waals surface area (Å²) in [6.07, 6.45) is 0. The molecule has 10 aromatic carbocycles. The quantitative estimate of drug-likeness (QED) is 0.162. The van der Waals surface area contributed by atoms with Crippen LogP contribution in [0.4, 0.5) is 0 Å². The van der Waals surface area contributed by atoms with E-state index < -0.39 is 0 Å². The molecule has 11 rings (SSSR count). The van der Waals surface area contributed by atoms with Crippen LogP contribution in [0, 0.1) is 0 Å². The van der Waals surface area contributed by atoms with Gasteiger partial charge in [0.25, 0.3) is 0 Å². The molecule has 246 valence electrons. The van der Waals surface area contributed by atoms with Crippen LogP contribution >= 0.6 is 11.3 Å². The van der Waals surface area contributed by atoms with Gasteiger partial charge in [-0.15, -0.1) is 11.3 Å². The molecule has 0 saturated carbocycles. The smallest absolute Gasteiger partial charge is 0.0361 e. The predicted molar refractivity (Wildman–Crippen MR) is 231 cm³/mol. The number of fused-ring (bicyclic) bond motifs is 7. The lowest BCUT2D eigenvalue weighted by Crippen LogP contribution is -1.91. The van der Waals surface area contributed by atoms with E-state index in [0.29, 0.717) is 0 Å². The summed E-state index contributed by atoms with van der Waals surface area (Å²) in [4.78, 5) is 0. The summed E-state index contributed by atoms with van der Waals surface area (Å²) in [6.45, 7) is 0. The molecule has 0 saturated heterocycles. The van der Waals surface area contributed by atoms with Crippen LogP contribution in [0.1, 0.15) is 0 Å². The zero-order chi connectivity index (χ0) is 34.9. The Hall–Kier alpha value is -6.54. The Kier molecular flexibility index (Phi) is 6.83. The van der Waals surface area contributed by atoms with Crippen LogP contribution < -0.4 is 0 Å². The summed E-state index contributed by atoms with van der Waals surface area (Å²) in [5.74, 6) is 0. The van der Waals surface area contributed by atoms with Crippen molar-refractivity contribution in [3.63, 3.8) is 0 Å². The molecule has 53 heavy (non-hydrogen) atoms. The molecular weight excluding hydrogens is 657 g/mol. The third-order valence-corrected chi connectivity index (χ3v) is 12.1. The molecule has 0 bridgehead atoms. The number of benzene rings is 10. The summed E-state index contributed by atoms with van der Waals surface area (Å²) in [6, 6.07) is 71.8. The average Bonchev–Trinajstić information content (AvgIpc) is 3.58. The lowest BCUT2D eigenvalue weighted by molar-refractivity contribution is 1.62. The summed E-state index contributed by atoms with van der Waals surface area (Å²) in [5.41, 5.74) is 9.99. The molecule has 0 atom stereocenters. The molecule has 0 spiro atoms. The molecule has 0 aliphatic heterocycles. The van der Waals surface area contributed by atoms with Crippen molar-refractivity contribution < 1.29 is 0 Å². The number of hydrogen-bond donors (Lipinski definition) is 0. The lowest BCUT2D eigenvalue weighted by Gasteiger charge is -2.18. The van der Waals surface area contributed by atoms with E-state index in [4.69, 9.17) is 0 Å². The third kappa shape index (κ3) is 4.89. The highest BCUT2D eigenvalue weighted by Gasteiger charge is 2.17. The minimum atomic E-state index is 1.23. The van der Waals surface area contributed by atoms with E-state index in [9.17, 15) is 0 Å². The van der Waals surface area contributed by atoms with Gasteiger partial charge in [0, 0.05) is 20.2 Å². The second-order valence-corrected chi connectivity index (χ2v) is 15.1. The molecule has 0 nitrogen and oxygen atoms in total. The van der Waals surface area contributed by atoms with Gasteiger partial charge in [-0.25, -0.2) is 0 Å². The van der Waals surface area contributed by atoms with E-state index >= 15 is 0 Å². The first-order chi connectivity index (χ1) is 26.3. The summed E-state index contributed by atoms with van der Waals surface area (Å²) in [7, 11) is 0. The zero-order valence-corrected chi connectivity index (χ0v) is 29.7. The Balaban J connectivity index is 1.05. The number of rotatable bonds is 4. The molecule has 0 radical (unpaired) electrons. The van der Waals surface area contributed by atoms with Gasteiger partial charge in [-0.3, -0.25) is 0 Å². The number of thiophene rings is 1. The van der Waals surface area contributed by atoms with Crippen LogP contribution in [0.3, 0.4) is 0 Å². The largest absolute Gasteiger partial charge is 0.135 e. The third-order valence-electron chi connectivity index (χ3n) is 11.0. The standard InChI is InChI=1S/C52H32S/c1-2-13-38-31-50-48(30-37(38)12-1)43-28-27-39(32-49(43)53-50)36-15-9-16-40(29-36)52-46-20-7-5-18-44(46)51(45-19-6-8-21-47(45)52)35-25-23-34(24-26-35)42-22-10-14-33-11-3-4-17-41(33)42/h1-32H. The summed E-state index contributed by atoms with van der Waals surface area (Å²) >= 11 is 1.89. The Labute approximate surface area is 311 Å². The van der Waals surface area contributed by atoms with Crippen molar-refractivity contribution in [3.8, 4) is 44.5 Å². The number of hydrogen-bond acceptors (Lipinski definition) is 1. The second-order valence-electron chi connectivity index (χ2n) is 14.0.